The molecule has 0 aliphatic rings. The van der Waals surface area contributed by atoms with Gasteiger partial charge in [0.05, 0.1) is 0 Å². The number of nitrogens with two attached hydrogens (primary N) is 1. The normalized spacial score (nSPS) is 12.3. The van der Waals surface area contributed by atoms with Gasteiger partial charge in [-0.1, -0.05) is 97.3 Å². The molecule has 2 amide bonds. The average molecular weight is 313 g/mol. The fourth-order valence-electron chi connectivity index (χ4n) is 2.99. The van der Waals surface area contributed by atoms with Crippen molar-refractivity contribution in [2.24, 2.45) is 5.73 Å². The summed E-state index contributed by atoms with van der Waals surface area (Å²) in [6, 6.07) is -0.119. The zero-order valence-corrected chi connectivity index (χ0v) is 15.2. The number of nitrogens with one attached hydrogen (secondary N) is 1. The molecule has 0 radical (unpaired) electrons. The van der Waals surface area contributed by atoms with Crippen molar-refractivity contribution in [1.29, 1.82) is 0 Å². The van der Waals surface area contributed by atoms with E-state index in [1.165, 1.54) is 83.5 Å². The van der Waals surface area contributed by atoms with Crippen molar-refractivity contribution in [3.8, 4) is 0 Å². The van der Waals surface area contributed by atoms with E-state index >= 15 is 0 Å². The molecule has 3 heteroatoms. The average Bonchev–Trinajstić information content (AvgIpc) is 2.50. The van der Waals surface area contributed by atoms with E-state index in [1.807, 2.05) is 0 Å². The van der Waals surface area contributed by atoms with Crippen LogP contribution in [0.1, 0.15) is 110 Å². The highest BCUT2D eigenvalue weighted by Crippen LogP contribution is 2.13. The molecule has 0 aliphatic heterocycles. The predicted molar refractivity (Wildman–Crippen MR) is 97.1 cm³/mol. The molecule has 3 nitrogen and oxygen atoms in total. The Labute approximate surface area is 138 Å². The van der Waals surface area contributed by atoms with Gasteiger partial charge >= 0.3 is 6.03 Å². The quantitative estimate of drug-likeness (QED) is 0.342. The van der Waals surface area contributed by atoms with Gasteiger partial charge in [-0.25, -0.2) is 4.79 Å². The molecule has 3 N–H and O–H groups in total. The molecular formula is C19H40N2O. The standard InChI is InChI=1S/C19H40N2O/c1-3-5-6-7-8-9-10-11-12-13-14-15-16-17-18(4-2)21-19(20)22/h18H,3-17H2,1-2H3,(H3,20,21,22). The minimum absolute atomic E-state index is 0.269. The highest BCUT2D eigenvalue weighted by atomic mass is 16.2. The van der Waals surface area contributed by atoms with Crippen molar-refractivity contribution in [3.05, 3.63) is 0 Å². The first-order valence-corrected chi connectivity index (χ1v) is 9.76. The third-order valence-electron chi connectivity index (χ3n) is 4.50. The van der Waals surface area contributed by atoms with Gasteiger partial charge in [-0.05, 0) is 12.8 Å². The summed E-state index contributed by atoms with van der Waals surface area (Å²) < 4.78 is 0. The number of carbonyl (C=O) groups is 1. The second-order valence-electron chi connectivity index (χ2n) is 6.65. The van der Waals surface area contributed by atoms with Crippen LogP contribution in [0.3, 0.4) is 0 Å². The molecule has 0 heterocycles. The molecule has 132 valence electrons. The molecular weight excluding hydrogens is 272 g/mol. The molecule has 0 saturated heterocycles. The summed E-state index contributed by atoms with van der Waals surface area (Å²) in [7, 11) is 0. The number of hydrogen-bond acceptors (Lipinski definition) is 1. The monoisotopic (exact) mass is 312 g/mol. The first-order chi connectivity index (χ1) is 10.7. The van der Waals surface area contributed by atoms with Gasteiger partial charge in [0, 0.05) is 6.04 Å². The highest BCUT2D eigenvalue weighted by Gasteiger charge is 2.06. The number of urea groups is 1. The third kappa shape index (κ3) is 15.7. The molecule has 1 atom stereocenters. The molecule has 0 fully saturated rings. The fraction of sp³-hybridized carbons (Fsp3) is 0.947. The number of carbonyl (C=O) groups excluding carboxylic acids is 1. The minimum atomic E-state index is -0.387. The SMILES string of the molecule is CCCCCCCCCCCCCCCC(CC)NC(N)=O. The molecule has 0 aromatic heterocycles. The van der Waals surface area contributed by atoms with E-state index in [0.717, 1.165) is 12.8 Å². The van der Waals surface area contributed by atoms with Crippen molar-refractivity contribution in [2.75, 3.05) is 0 Å². The van der Waals surface area contributed by atoms with Crippen LogP contribution < -0.4 is 11.1 Å². The van der Waals surface area contributed by atoms with Crippen molar-refractivity contribution in [1.82, 2.24) is 5.32 Å². The van der Waals surface area contributed by atoms with Gasteiger partial charge < -0.3 is 11.1 Å². The molecule has 0 aromatic carbocycles. The maximum atomic E-state index is 10.8. The highest BCUT2D eigenvalue weighted by molar-refractivity contribution is 5.71. The molecule has 22 heavy (non-hydrogen) atoms. The second-order valence-corrected chi connectivity index (χ2v) is 6.65. The van der Waals surface area contributed by atoms with Gasteiger partial charge in [-0.3, -0.25) is 0 Å². The first kappa shape index (κ1) is 21.3. The number of primary amides is 1. The lowest BCUT2D eigenvalue weighted by Gasteiger charge is -2.14. The zero-order chi connectivity index (χ0) is 16.5. The minimum Gasteiger partial charge on any atom is -0.352 e. The Morgan fingerprint density at radius 3 is 1.55 bits per heavy atom. The topological polar surface area (TPSA) is 55.1 Å². The number of hydrogen-bond donors (Lipinski definition) is 2. The van der Waals surface area contributed by atoms with Crippen molar-refractivity contribution < 1.29 is 4.79 Å². The summed E-state index contributed by atoms with van der Waals surface area (Å²) in [4.78, 5) is 10.8. The van der Waals surface area contributed by atoms with Crippen LogP contribution in [0, 0.1) is 0 Å². The molecule has 0 bridgehead atoms. The lowest BCUT2D eigenvalue weighted by atomic mass is 10.0. The van der Waals surface area contributed by atoms with Crippen LogP contribution in [0.15, 0.2) is 0 Å². The first-order valence-electron chi connectivity index (χ1n) is 9.76. The van der Waals surface area contributed by atoms with E-state index in [0.29, 0.717) is 0 Å². The zero-order valence-electron chi connectivity index (χ0n) is 15.2. The van der Waals surface area contributed by atoms with E-state index in [-0.39, 0.29) is 12.1 Å². The van der Waals surface area contributed by atoms with Crippen molar-refractivity contribution in [2.45, 2.75) is 116 Å². The maximum absolute atomic E-state index is 10.8. The van der Waals surface area contributed by atoms with Gasteiger partial charge in [-0.2, -0.15) is 0 Å². The van der Waals surface area contributed by atoms with Crippen LogP contribution in [0.25, 0.3) is 0 Å². The third-order valence-corrected chi connectivity index (χ3v) is 4.50. The summed E-state index contributed by atoms with van der Waals surface area (Å²) in [5, 5.41) is 2.81. The maximum Gasteiger partial charge on any atom is 0.312 e. The number of unbranched alkanes of at least 4 members (excludes halogenated alkanes) is 12. The van der Waals surface area contributed by atoms with Crippen molar-refractivity contribution in [3.63, 3.8) is 0 Å². The van der Waals surface area contributed by atoms with Crippen LogP contribution in [0.5, 0.6) is 0 Å². The van der Waals surface area contributed by atoms with Gasteiger partial charge in [0.2, 0.25) is 0 Å². The lowest BCUT2D eigenvalue weighted by Crippen LogP contribution is -2.38. The smallest absolute Gasteiger partial charge is 0.312 e. The van der Waals surface area contributed by atoms with E-state index in [9.17, 15) is 4.79 Å². The van der Waals surface area contributed by atoms with E-state index in [2.05, 4.69) is 19.2 Å². The van der Waals surface area contributed by atoms with E-state index in [4.69, 9.17) is 5.73 Å². The molecule has 0 aromatic rings. The molecule has 1 unspecified atom stereocenters. The van der Waals surface area contributed by atoms with Crippen LogP contribution in [0.2, 0.25) is 0 Å². The largest absolute Gasteiger partial charge is 0.352 e. The molecule has 0 aliphatic carbocycles. The summed E-state index contributed by atoms with van der Waals surface area (Å²) in [6.07, 6.45) is 20.0. The summed E-state index contributed by atoms with van der Waals surface area (Å²) in [5.74, 6) is 0. The lowest BCUT2D eigenvalue weighted by molar-refractivity contribution is 0.243. The van der Waals surface area contributed by atoms with Crippen LogP contribution in [-0.2, 0) is 0 Å². The van der Waals surface area contributed by atoms with Gasteiger partial charge in [0.25, 0.3) is 0 Å². The Morgan fingerprint density at radius 1 is 0.773 bits per heavy atom. The van der Waals surface area contributed by atoms with Crippen LogP contribution in [-0.4, -0.2) is 12.1 Å². The Bertz CT molecular complexity index is 244. The Hall–Kier alpha value is -0.730. The van der Waals surface area contributed by atoms with Gasteiger partial charge in [-0.15, -0.1) is 0 Å². The molecule has 0 saturated carbocycles. The Kier molecular flexibility index (Phi) is 16.1. The van der Waals surface area contributed by atoms with Crippen molar-refractivity contribution >= 4 is 6.03 Å². The summed E-state index contributed by atoms with van der Waals surface area (Å²) in [5.41, 5.74) is 5.16. The Morgan fingerprint density at radius 2 is 1.18 bits per heavy atom. The second kappa shape index (κ2) is 16.6. The fourth-order valence-corrected chi connectivity index (χ4v) is 2.99. The number of rotatable bonds is 16. The number of amides is 2. The van der Waals surface area contributed by atoms with Gasteiger partial charge in [0.15, 0.2) is 0 Å². The summed E-state index contributed by atoms with van der Waals surface area (Å²) >= 11 is 0. The van der Waals surface area contributed by atoms with Gasteiger partial charge in [0.1, 0.15) is 0 Å². The summed E-state index contributed by atoms with van der Waals surface area (Å²) in [6.45, 7) is 4.37. The molecule has 0 rings (SSSR count). The van der Waals surface area contributed by atoms with E-state index < -0.39 is 0 Å². The van der Waals surface area contributed by atoms with Crippen LogP contribution >= 0.6 is 0 Å². The molecule has 0 spiro atoms. The Balaban J connectivity index is 3.18. The van der Waals surface area contributed by atoms with E-state index in [1.54, 1.807) is 0 Å². The van der Waals surface area contributed by atoms with Crippen LogP contribution in [0.4, 0.5) is 4.79 Å². The predicted octanol–water partition coefficient (Wildman–Crippen LogP) is 5.91.